The number of carbonyl (C=O) groups is 1. The van der Waals surface area contributed by atoms with E-state index in [0.29, 0.717) is 16.7 Å². The minimum atomic E-state index is -4.33. The zero-order valence-corrected chi connectivity index (χ0v) is 13.7. The van der Waals surface area contributed by atoms with Crippen LogP contribution < -0.4 is 5.73 Å². The number of nitrogens with two attached hydrogens (primary N) is 1. The number of carboxylic acid groups (broad SMARTS) is 1. The zero-order valence-electron chi connectivity index (χ0n) is 12.8. The quantitative estimate of drug-likeness (QED) is 0.627. The maximum atomic E-state index is 13.4. The first-order chi connectivity index (χ1) is 11.3. The Morgan fingerprint density at radius 2 is 1.92 bits per heavy atom. The van der Waals surface area contributed by atoms with Crippen molar-refractivity contribution in [3.8, 4) is 0 Å². The van der Waals surface area contributed by atoms with Crippen molar-refractivity contribution in [3.63, 3.8) is 0 Å². The van der Waals surface area contributed by atoms with E-state index in [4.69, 9.17) is 10.8 Å². The van der Waals surface area contributed by atoms with Crippen LogP contribution in [0.5, 0.6) is 0 Å². The van der Waals surface area contributed by atoms with Crippen molar-refractivity contribution in [2.45, 2.75) is 31.0 Å². The first-order valence-corrected chi connectivity index (χ1v) is 8.65. The number of halogens is 3. The Bertz CT molecular complexity index is 687. The van der Waals surface area contributed by atoms with Crippen LogP contribution in [0.25, 0.3) is 10.9 Å². The number of benzene rings is 1. The van der Waals surface area contributed by atoms with Crippen LogP contribution in [0, 0.1) is 0 Å². The fraction of sp³-hybridized carbons (Fsp3) is 0.438. The molecule has 0 saturated heterocycles. The number of nitrogens with one attached hydrogen (secondary N) is 1. The maximum absolute atomic E-state index is 13.4. The Hall–Kier alpha value is -1.67. The van der Waals surface area contributed by atoms with Gasteiger partial charge in [0.15, 0.2) is 0 Å². The van der Waals surface area contributed by atoms with Gasteiger partial charge in [-0.3, -0.25) is 4.79 Å². The number of aliphatic carboxylic acids is 1. The van der Waals surface area contributed by atoms with Crippen LogP contribution in [-0.4, -0.2) is 39.8 Å². The van der Waals surface area contributed by atoms with Crippen LogP contribution >= 0.6 is 11.8 Å². The van der Waals surface area contributed by atoms with Crippen molar-refractivity contribution in [1.82, 2.24) is 4.98 Å². The van der Waals surface area contributed by atoms with E-state index in [0.717, 1.165) is 0 Å². The Kier molecular flexibility index (Phi) is 6.17. The second-order valence-corrected chi connectivity index (χ2v) is 6.74. The second-order valence-electron chi connectivity index (χ2n) is 5.52. The standard InChI is InChI=1S/C16H19F3N2O2S/c17-16(18,19)12(5-7-24-8-6-13(20)15(22)23)11-9-21-14-4-2-1-3-10(11)14/h1-4,9,12-13,21H,5-8,20H2,(H,22,23). The second kappa shape index (κ2) is 7.94. The van der Waals surface area contributed by atoms with E-state index in [1.807, 2.05) is 0 Å². The van der Waals surface area contributed by atoms with Gasteiger partial charge in [0.2, 0.25) is 0 Å². The van der Waals surface area contributed by atoms with Gasteiger partial charge in [-0.05, 0) is 36.0 Å². The lowest BCUT2D eigenvalue weighted by molar-refractivity contribution is -0.150. The van der Waals surface area contributed by atoms with Crippen LogP contribution in [-0.2, 0) is 4.79 Å². The van der Waals surface area contributed by atoms with E-state index in [1.165, 1.54) is 18.0 Å². The molecule has 0 aliphatic rings. The highest BCUT2D eigenvalue weighted by Crippen LogP contribution is 2.41. The summed E-state index contributed by atoms with van der Waals surface area (Å²) >= 11 is 1.29. The summed E-state index contributed by atoms with van der Waals surface area (Å²) in [6, 6.07) is 5.94. The van der Waals surface area contributed by atoms with Gasteiger partial charge >= 0.3 is 12.1 Å². The molecule has 1 aromatic heterocycles. The van der Waals surface area contributed by atoms with E-state index in [-0.39, 0.29) is 24.2 Å². The summed E-state index contributed by atoms with van der Waals surface area (Å²) in [5, 5.41) is 9.25. The highest BCUT2D eigenvalue weighted by molar-refractivity contribution is 7.99. The SMILES string of the molecule is NC(CCSCCC(c1c[nH]c2ccccc12)C(F)(F)F)C(=O)O. The molecule has 0 bridgehead atoms. The number of hydrogen-bond acceptors (Lipinski definition) is 3. The molecule has 132 valence electrons. The van der Waals surface area contributed by atoms with E-state index < -0.39 is 24.1 Å². The Morgan fingerprint density at radius 1 is 1.25 bits per heavy atom. The van der Waals surface area contributed by atoms with Gasteiger partial charge in [0.05, 0.1) is 5.92 Å². The largest absolute Gasteiger partial charge is 0.480 e. The first-order valence-electron chi connectivity index (χ1n) is 7.49. The molecule has 2 aromatic rings. The summed E-state index contributed by atoms with van der Waals surface area (Å²) in [7, 11) is 0. The molecule has 2 rings (SSSR count). The van der Waals surface area contributed by atoms with Gasteiger partial charge in [0, 0.05) is 17.1 Å². The number of alkyl halides is 3. The molecule has 0 saturated carbocycles. The van der Waals surface area contributed by atoms with Crippen molar-refractivity contribution in [3.05, 3.63) is 36.0 Å². The van der Waals surface area contributed by atoms with Gasteiger partial charge in [-0.15, -0.1) is 0 Å². The summed E-state index contributed by atoms with van der Waals surface area (Å²) in [6.45, 7) is 0. The van der Waals surface area contributed by atoms with Crippen LogP contribution in [0.3, 0.4) is 0 Å². The molecular formula is C16H19F3N2O2S. The number of carboxylic acids is 1. The molecule has 2 atom stereocenters. The minimum absolute atomic E-state index is 0.0572. The zero-order chi connectivity index (χ0) is 17.7. The Labute approximate surface area is 141 Å². The number of hydrogen-bond donors (Lipinski definition) is 3. The molecule has 0 fully saturated rings. The summed E-state index contributed by atoms with van der Waals surface area (Å²) in [5.74, 6) is -1.93. The molecule has 0 aliphatic carbocycles. The molecule has 0 aliphatic heterocycles. The van der Waals surface area contributed by atoms with E-state index in [1.54, 1.807) is 24.3 Å². The maximum Gasteiger partial charge on any atom is 0.395 e. The topological polar surface area (TPSA) is 79.1 Å². The van der Waals surface area contributed by atoms with Crippen LogP contribution in [0.4, 0.5) is 13.2 Å². The highest BCUT2D eigenvalue weighted by Gasteiger charge is 2.41. The third-order valence-electron chi connectivity index (χ3n) is 3.83. The summed E-state index contributed by atoms with van der Waals surface area (Å²) in [4.78, 5) is 13.5. The first kappa shape index (κ1) is 18.7. The minimum Gasteiger partial charge on any atom is -0.480 e. The van der Waals surface area contributed by atoms with Crippen molar-refractivity contribution in [1.29, 1.82) is 0 Å². The highest BCUT2D eigenvalue weighted by atomic mass is 32.2. The third kappa shape index (κ3) is 4.67. The number of thioether (sulfide) groups is 1. The van der Waals surface area contributed by atoms with Crippen LogP contribution in [0.15, 0.2) is 30.5 Å². The lowest BCUT2D eigenvalue weighted by atomic mass is 9.95. The lowest BCUT2D eigenvalue weighted by Gasteiger charge is -2.20. The van der Waals surface area contributed by atoms with Crippen molar-refractivity contribution < 1.29 is 23.1 Å². The van der Waals surface area contributed by atoms with E-state index in [2.05, 4.69) is 4.98 Å². The Balaban J connectivity index is 1.99. The van der Waals surface area contributed by atoms with Crippen LogP contribution in [0.1, 0.15) is 24.3 Å². The number of fused-ring (bicyclic) bond motifs is 1. The number of aromatic nitrogens is 1. The number of H-pyrrole nitrogens is 1. The molecule has 24 heavy (non-hydrogen) atoms. The normalized spacial score (nSPS) is 14.7. The van der Waals surface area contributed by atoms with Gasteiger partial charge in [-0.2, -0.15) is 24.9 Å². The van der Waals surface area contributed by atoms with Crippen molar-refractivity contribution in [2.24, 2.45) is 5.73 Å². The average Bonchev–Trinajstić information content (AvgIpc) is 2.93. The fourth-order valence-electron chi connectivity index (χ4n) is 2.51. The average molecular weight is 360 g/mol. The smallest absolute Gasteiger partial charge is 0.395 e. The lowest BCUT2D eigenvalue weighted by Crippen LogP contribution is -2.30. The number of aromatic amines is 1. The third-order valence-corrected chi connectivity index (χ3v) is 4.88. The number of rotatable bonds is 8. The molecule has 1 aromatic carbocycles. The fourth-order valence-corrected chi connectivity index (χ4v) is 3.54. The molecule has 8 heteroatoms. The van der Waals surface area contributed by atoms with Crippen molar-refractivity contribution >= 4 is 28.6 Å². The van der Waals surface area contributed by atoms with Gasteiger partial charge in [0.25, 0.3) is 0 Å². The van der Waals surface area contributed by atoms with E-state index >= 15 is 0 Å². The van der Waals surface area contributed by atoms with Gasteiger partial charge < -0.3 is 15.8 Å². The predicted octanol–water partition coefficient (Wildman–Crippen LogP) is 3.74. The molecule has 2 unspecified atom stereocenters. The Morgan fingerprint density at radius 3 is 2.58 bits per heavy atom. The summed E-state index contributed by atoms with van der Waals surface area (Å²) in [5.41, 5.74) is 6.30. The molecule has 0 amide bonds. The molecule has 4 nitrogen and oxygen atoms in total. The van der Waals surface area contributed by atoms with Gasteiger partial charge in [0.1, 0.15) is 6.04 Å². The monoisotopic (exact) mass is 360 g/mol. The number of para-hydroxylation sites is 1. The summed E-state index contributed by atoms with van der Waals surface area (Å²) in [6.07, 6.45) is -2.72. The predicted molar refractivity (Wildman–Crippen MR) is 89.3 cm³/mol. The molecule has 0 spiro atoms. The van der Waals surface area contributed by atoms with Crippen LogP contribution in [0.2, 0.25) is 0 Å². The molecule has 0 radical (unpaired) electrons. The molecular weight excluding hydrogens is 341 g/mol. The van der Waals surface area contributed by atoms with Crippen molar-refractivity contribution in [2.75, 3.05) is 11.5 Å². The van der Waals surface area contributed by atoms with Gasteiger partial charge in [-0.1, -0.05) is 18.2 Å². The summed E-state index contributed by atoms with van der Waals surface area (Å²) < 4.78 is 40.3. The molecule has 4 N–H and O–H groups in total. The van der Waals surface area contributed by atoms with E-state index in [9.17, 15) is 18.0 Å². The molecule has 1 heterocycles. The van der Waals surface area contributed by atoms with Gasteiger partial charge in [-0.25, -0.2) is 0 Å².